The molecule has 134 valence electrons. The lowest BCUT2D eigenvalue weighted by Crippen LogP contribution is -2.42. The van der Waals surface area contributed by atoms with Gasteiger partial charge in [0.15, 0.2) is 6.10 Å². The van der Waals surface area contributed by atoms with E-state index in [0.29, 0.717) is 18.0 Å². The van der Waals surface area contributed by atoms with Crippen molar-refractivity contribution in [1.29, 1.82) is 0 Å². The van der Waals surface area contributed by atoms with Crippen molar-refractivity contribution in [2.24, 2.45) is 5.92 Å². The summed E-state index contributed by atoms with van der Waals surface area (Å²) in [6.07, 6.45) is -0.331. The summed E-state index contributed by atoms with van der Waals surface area (Å²) in [5.74, 6) is 0.366. The number of benzene rings is 1. The Kier molecular flexibility index (Phi) is 6.16. The molecule has 0 aliphatic carbocycles. The number of rotatable bonds is 7. The molecule has 1 amide bonds. The van der Waals surface area contributed by atoms with Crippen molar-refractivity contribution >= 4 is 5.91 Å². The smallest absolute Gasteiger partial charge is 0.261 e. The molecule has 2 rings (SSSR count). The minimum Gasteiger partial charge on any atom is -0.493 e. The lowest BCUT2D eigenvalue weighted by molar-refractivity contribution is -0.129. The first kappa shape index (κ1) is 18.5. The standard InChI is InChI=1S/C18H23N3O4/c1-11(2)17(25-13-6-4-5-12(3)9-13)18(24)19-8-7-14-20-15(22)10-16(23)21-14/h4-6,9-11,17H,7-8H2,1-3H3,(H,19,24)(H2,20,21,22,23)/t17-/m1/s1. The van der Waals surface area contributed by atoms with Gasteiger partial charge in [0.05, 0.1) is 6.07 Å². The zero-order chi connectivity index (χ0) is 18.4. The summed E-state index contributed by atoms with van der Waals surface area (Å²) in [4.78, 5) is 30.0. The molecule has 7 heteroatoms. The molecular weight excluding hydrogens is 322 g/mol. The van der Waals surface area contributed by atoms with Crippen molar-refractivity contribution in [2.45, 2.75) is 33.3 Å². The summed E-state index contributed by atoms with van der Waals surface area (Å²) in [5, 5.41) is 12.1. The van der Waals surface area contributed by atoms with Crippen LogP contribution in [0.4, 0.5) is 0 Å². The van der Waals surface area contributed by atoms with Crippen LogP contribution in [0.5, 0.6) is 11.6 Å². The quantitative estimate of drug-likeness (QED) is 0.706. The Labute approximate surface area is 146 Å². The normalized spacial score (nSPS) is 12.0. The van der Waals surface area contributed by atoms with Crippen LogP contribution >= 0.6 is 0 Å². The molecule has 7 nitrogen and oxygen atoms in total. The van der Waals surface area contributed by atoms with E-state index in [2.05, 4.69) is 15.3 Å². The Balaban J connectivity index is 1.95. The van der Waals surface area contributed by atoms with Gasteiger partial charge in [-0.3, -0.25) is 9.59 Å². The van der Waals surface area contributed by atoms with E-state index >= 15 is 0 Å². The largest absolute Gasteiger partial charge is 0.493 e. The number of nitrogens with zero attached hydrogens (tertiary/aromatic N) is 1. The van der Waals surface area contributed by atoms with Crippen molar-refractivity contribution < 1.29 is 14.6 Å². The molecule has 0 unspecified atom stereocenters. The Hall–Kier alpha value is -2.83. The van der Waals surface area contributed by atoms with Gasteiger partial charge in [0.1, 0.15) is 11.6 Å². The van der Waals surface area contributed by atoms with Crippen LogP contribution in [0, 0.1) is 12.8 Å². The third-order valence-electron chi connectivity index (χ3n) is 3.55. The van der Waals surface area contributed by atoms with Gasteiger partial charge in [-0.2, -0.15) is 0 Å². The van der Waals surface area contributed by atoms with E-state index in [9.17, 15) is 14.7 Å². The third kappa shape index (κ3) is 5.63. The second-order valence-corrected chi connectivity index (χ2v) is 6.19. The zero-order valence-electron chi connectivity index (χ0n) is 14.6. The molecule has 1 atom stereocenters. The van der Waals surface area contributed by atoms with Crippen LogP contribution < -0.4 is 15.6 Å². The molecule has 0 spiro atoms. The number of aromatic hydroxyl groups is 1. The summed E-state index contributed by atoms with van der Waals surface area (Å²) in [6, 6.07) is 8.53. The molecule has 1 aromatic heterocycles. The van der Waals surface area contributed by atoms with E-state index < -0.39 is 11.7 Å². The topological polar surface area (TPSA) is 104 Å². The second-order valence-electron chi connectivity index (χ2n) is 6.19. The number of carbonyl (C=O) groups is 1. The van der Waals surface area contributed by atoms with Crippen LogP contribution in [-0.4, -0.2) is 33.6 Å². The molecule has 1 heterocycles. The lowest BCUT2D eigenvalue weighted by Gasteiger charge is -2.22. The van der Waals surface area contributed by atoms with E-state index in [0.717, 1.165) is 11.6 Å². The fraction of sp³-hybridized carbons (Fsp3) is 0.389. The summed E-state index contributed by atoms with van der Waals surface area (Å²) in [5.41, 5.74) is 0.621. The van der Waals surface area contributed by atoms with E-state index in [1.807, 2.05) is 45.0 Å². The predicted octanol–water partition coefficient (Wildman–Crippen LogP) is 1.55. The number of aromatic nitrogens is 2. The highest BCUT2D eigenvalue weighted by Crippen LogP contribution is 2.17. The molecule has 0 saturated carbocycles. The maximum absolute atomic E-state index is 12.4. The highest BCUT2D eigenvalue weighted by Gasteiger charge is 2.24. The fourth-order valence-electron chi connectivity index (χ4n) is 2.34. The third-order valence-corrected chi connectivity index (χ3v) is 3.55. The highest BCUT2D eigenvalue weighted by molar-refractivity contribution is 5.81. The molecule has 0 saturated heterocycles. The summed E-state index contributed by atoms with van der Waals surface area (Å²) < 4.78 is 5.83. The van der Waals surface area contributed by atoms with Gasteiger partial charge in [0.25, 0.3) is 11.5 Å². The Morgan fingerprint density at radius 3 is 2.76 bits per heavy atom. The van der Waals surface area contributed by atoms with Crippen molar-refractivity contribution in [3.05, 3.63) is 52.1 Å². The van der Waals surface area contributed by atoms with Crippen molar-refractivity contribution in [1.82, 2.24) is 15.3 Å². The van der Waals surface area contributed by atoms with Crippen LogP contribution in [0.3, 0.4) is 0 Å². The van der Waals surface area contributed by atoms with Gasteiger partial charge in [-0.05, 0) is 30.5 Å². The number of carbonyl (C=O) groups excluding carboxylic acids is 1. The molecule has 0 bridgehead atoms. The number of ether oxygens (including phenoxy) is 1. The first-order valence-corrected chi connectivity index (χ1v) is 8.15. The molecule has 0 fully saturated rings. The Morgan fingerprint density at radius 1 is 1.36 bits per heavy atom. The minimum atomic E-state index is -0.627. The van der Waals surface area contributed by atoms with Crippen molar-refractivity contribution in [3.63, 3.8) is 0 Å². The number of hydrogen-bond acceptors (Lipinski definition) is 5. The van der Waals surface area contributed by atoms with Gasteiger partial charge in [0, 0.05) is 13.0 Å². The van der Waals surface area contributed by atoms with Crippen LogP contribution in [0.2, 0.25) is 0 Å². The molecule has 2 aromatic rings. The minimum absolute atomic E-state index is 0.0146. The van der Waals surface area contributed by atoms with E-state index in [-0.39, 0.29) is 24.2 Å². The number of nitrogens with one attached hydrogen (secondary N) is 2. The predicted molar refractivity (Wildman–Crippen MR) is 93.7 cm³/mol. The number of hydrogen-bond donors (Lipinski definition) is 3. The number of H-pyrrole nitrogens is 1. The zero-order valence-corrected chi connectivity index (χ0v) is 14.6. The first-order chi connectivity index (χ1) is 11.8. The molecule has 1 aromatic carbocycles. The van der Waals surface area contributed by atoms with Crippen molar-refractivity contribution in [2.75, 3.05) is 6.54 Å². The maximum atomic E-state index is 12.4. The molecule has 25 heavy (non-hydrogen) atoms. The maximum Gasteiger partial charge on any atom is 0.261 e. The Morgan fingerprint density at radius 2 is 2.12 bits per heavy atom. The monoisotopic (exact) mass is 345 g/mol. The average molecular weight is 345 g/mol. The molecule has 0 aliphatic rings. The van der Waals surface area contributed by atoms with E-state index in [1.54, 1.807) is 0 Å². The molecule has 3 N–H and O–H groups in total. The van der Waals surface area contributed by atoms with Gasteiger partial charge in [-0.25, -0.2) is 4.98 Å². The van der Waals surface area contributed by atoms with Gasteiger partial charge in [-0.15, -0.1) is 0 Å². The van der Waals surface area contributed by atoms with E-state index in [1.165, 1.54) is 0 Å². The second kappa shape index (κ2) is 8.32. The molecule has 0 radical (unpaired) electrons. The lowest BCUT2D eigenvalue weighted by atomic mass is 10.1. The summed E-state index contributed by atoms with van der Waals surface area (Å²) in [7, 11) is 0. The van der Waals surface area contributed by atoms with Crippen LogP contribution in [0.1, 0.15) is 25.2 Å². The SMILES string of the molecule is Cc1cccc(O[C@@H](C(=O)NCCc2nc(O)cc(=O)[nH]2)C(C)C)c1. The van der Waals surface area contributed by atoms with Gasteiger partial charge in [-0.1, -0.05) is 26.0 Å². The molecule has 0 aliphatic heterocycles. The summed E-state index contributed by atoms with van der Waals surface area (Å²) in [6.45, 7) is 6.05. The van der Waals surface area contributed by atoms with Crippen LogP contribution in [-0.2, 0) is 11.2 Å². The first-order valence-electron chi connectivity index (χ1n) is 8.15. The van der Waals surface area contributed by atoms with Gasteiger partial charge < -0.3 is 20.1 Å². The number of amides is 1. The fourth-order valence-corrected chi connectivity index (χ4v) is 2.34. The number of aromatic amines is 1. The van der Waals surface area contributed by atoms with Crippen LogP contribution in [0.25, 0.3) is 0 Å². The van der Waals surface area contributed by atoms with Crippen LogP contribution in [0.15, 0.2) is 35.1 Å². The molecular formula is C18H23N3O4. The Bertz CT molecular complexity index is 786. The van der Waals surface area contributed by atoms with E-state index in [4.69, 9.17) is 4.74 Å². The van der Waals surface area contributed by atoms with Crippen molar-refractivity contribution in [3.8, 4) is 11.6 Å². The van der Waals surface area contributed by atoms with Gasteiger partial charge in [0.2, 0.25) is 5.88 Å². The number of aryl methyl sites for hydroxylation is 1. The average Bonchev–Trinajstić information content (AvgIpc) is 2.51. The summed E-state index contributed by atoms with van der Waals surface area (Å²) >= 11 is 0. The van der Waals surface area contributed by atoms with Gasteiger partial charge >= 0.3 is 0 Å². The highest BCUT2D eigenvalue weighted by atomic mass is 16.5.